The van der Waals surface area contributed by atoms with Crippen molar-refractivity contribution in [1.29, 1.82) is 0 Å². The number of hydrogen-bond acceptors (Lipinski definition) is 6. The molecule has 1 N–H and O–H groups in total. The number of benzene rings is 3. The predicted molar refractivity (Wildman–Crippen MR) is 160 cm³/mol. The number of carbonyl (C=O) groups excluding carboxylic acids is 2. The van der Waals surface area contributed by atoms with E-state index in [1.165, 1.54) is 0 Å². The second kappa shape index (κ2) is 12.6. The summed E-state index contributed by atoms with van der Waals surface area (Å²) >= 11 is 9.72. The van der Waals surface area contributed by atoms with Crippen molar-refractivity contribution in [2.45, 2.75) is 20.5 Å². The van der Waals surface area contributed by atoms with Crippen LogP contribution < -0.4 is 4.74 Å². The van der Waals surface area contributed by atoms with Gasteiger partial charge in [0.05, 0.1) is 16.5 Å². The number of rotatable bonds is 7. The Kier molecular flexibility index (Phi) is 9.30. The summed E-state index contributed by atoms with van der Waals surface area (Å²) in [4.78, 5) is 29.9. The molecule has 3 aromatic rings. The van der Waals surface area contributed by atoms with E-state index in [0.717, 1.165) is 26.5 Å². The summed E-state index contributed by atoms with van der Waals surface area (Å²) < 4.78 is 12.1. The number of ether oxygens (including phenoxy) is 2. The Hall–Kier alpha value is -3.08. The Morgan fingerprint density at radius 2 is 1.79 bits per heavy atom. The van der Waals surface area contributed by atoms with Gasteiger partial charge in [0.1, 0.15) is 28.7 Å². The maximum atomic E-state index is 12.8. The molecule has 4 rings (SSSR count). The molecule has 194 valence electrons. The van der Waals surface area contributed by atoms with Gasteiger partial charge >= 0.3 is 5.97 Å². The molecule has 0 fully saturated rings. The normalized spacial score (nSPS) is 15.3. The van der Waals surface area contributed by atoms with Crippen LogP contribution in [0.2, 0.25) is 5.02 Å². The number of halogens is 2. The fourth-order valence-electron chi connectivity index (χ4n) is 3.46. The number of carbonyl (C=O) groups is 2. The summed E-state index contributed by atoms with van der Waals surface area (Å²) in [6, 6.07) is 20.1. The molecule has 0 spiro atoms. The van der Waals surface area contributed by atoms with Gasteiger partial charge < -0.3 is 14.6 Å². The second-order valence-corrected chi connectivity index (χ2v) is 10.9. The van der Waals surface area contributed by atoms with Gasteiger partial charge in [-0.2, -0.15) is 0 Å². The van der Waals surface area contributed by atoms with E-state index in [4.69, 9.17) is 21.1 Å². The highest BCUT2D eigenvalue weighted by molar-refractivity contribution is 14.1. The summed E-state index contributed by atoms with van der Waals surface area (Å²) in [5, 5.41) is 11.4. The predicted octanol–water partition coefficient (Wildman–Crippen LogP) is 7.53. The molecular weight excluding hydrogens is 637 g/mol. The van der Waals surface area contributed by atoms with Gasteiger partial charge in [0.2, 0.25) is 0 Å². The number of hydrogen-bond donors (Lipinski definition) is 1. The summed E-state index contributed by atoms with van der Waals surface area (Å²) in [6.07, 6.45) is 1.66. The van der Waals surface area contributed by atoms with Crippen molar-refractivity contribution in [1.82, 2.24) is 0 Å². The zero-order chi connectivity index (χ0) is 27.2. The van der Waals surface area contributed by atoms with Crippen molar-refractivity contribution < 1.29 is 24.2 Å². The molecule has 1 heterocycles. The van der Waals surface area contributed by atoms with Crippen LogP contribution in [-0.4, -0.2) is 28.6 Å². The molecule has 0 radical (unpaired) electrons. The third-order valence-electron chi connectivity index (χ3n) is 5.43. The number of nitrogens with zero attached hydrogens (tertiary/aromatic N) is 1. The van der Waals surface area contributed by atoms with Crippen molar-refractivity contribution in [3.8, 4) is 5.75 Å². The quantitative estimate of drug-likeness (QED) is 0.209. The summed E-state index contributed by atoms with van der Waals surface area (Å²) in [5.74, 6) is -1.07. The Bertz CT molecular complexity index is 1460. The van der Waals surface area contributed by atoms with Crippen molar-refractivity contribution >= 4 is 68.9 Å². The first-order valence-electron chi connectivity index (χ1n) is 11.6. The van der Waals surface area contributed by atoms with Crippen molar-refractivity contribution in [2.24, 2.45) is 4.99 Å². The van der Waals surface area contributed by atoms with Crippen molar-refractivity contribution in [2.75, 3.05) is 6.61 Å². The van der Waals surface area contributed by atoms with Crippen molar-refractivity contribution in [3.05, 3.63) is 114 Å². The summed E-state index contributed by atoms with van der Waals surface area (Å²) in [6.45, 7) is 4.05. The molecule has 1 aliphatic heterocycles. The molecule has 0 atom stereocenters. The van der Waals surface area contributed by atoms with E-state index in [1.54, 1.807) is 55.5 Å². The maximum absolute atomic E-state index is 12.8. The Morgan fingerprint density at radius 3 is 2.45 bits per heavy atom. The van der Waals surface area contributed by atoms with Crippen LogP contribution in [0.25, 0.3) is 6.08 Å². The molecule has 1 aliphatic rings. The molecule has 0 bridgehead atoms. The summed E-state index contributed by atoms with van der Waals surface area (Å²) in [7, 11) is 0. The molecule has 0 saturated carbocycles. The van der Waals surface area contributed by atoms with E-state index < -0.39 is 11.9 Å². The van der Waals surface area contributed by atoms with Crippen LogP contribution in [0.4, 0.5) is 0 Å². The van der Waals surface area contributed by atoms with Gasteiger partial charge in [0.25, 0.3) is 5.91 Å². The van der Waals surface area contributed by atoms with Crippen LogP contribution in [0.15, 0.2) is 88.0 Å². The number of aliphatic hydroxyl groups excluding tert-OH is 1. The van der Waals surface area contributed by atoms with Crippen LogP contribution in [0, 0.1) is 10.5 Å². The van der Waals surface area contributed by atoms with Gasteiger partial charge in [-0.15, -0.1) is 0 Å². The van der Waals surface area contributed by atoms with E-state index >= 15 is 0 Å². The number of amides is 1. The highest BCUT2D eigenvalue weighted by Gasteiger charge is 2.34. The summed E-state index contributed by atoms with van der Waals surface area (Å²) in [5.41, 5.74) is 2.91. The lowest BCUT2D eigenvalue weighted by atomic mass is 10.1. The van der Waals surface area contributed by atoms with Gasteiger partial charge in [0, 0.05) is 9.13 Å². The minimum Gasteiger partial charge on any atom is -0.506 e. The van der Waals surface area contributed by atoms with Crippen LogP contribution in [0.5, 0.6) is 5.75 Å². The molecule has 38 heavy (non-hydrogen) atoms. The SMILES string of the molecule is CCOC(=O)C1=C(O)/C(=C/c2ccc(OCc3ccc(I)cc3)c(Cl)c2)SC1=NC(=O)c1ccc(C)cc1. The zero-order valence-corrected chi connectivity index (χ0v) is 24.3. The van der Waals surface area contributed by atoms with Gasteiger partial charge in [-0.3, -0.25) is 4.79 Å². The molecule has 0 aromatic heterocycles. The van der Waals surface area contributed by atoms with Gasteiger partial charge in [-0.05, 0) is 90.0 Å². The number of aliphatic hydroxyl groups is 1. The monoisotopic (exact) mass is 659 g/mol. The Balaban J connectivity index is 1.58. The lowest BCUT2D eigenvalue weighted by molar-refractivity contribution is -0.138. The van der Waals surface area contributed by atoms with Crippen LogP contribution in [0.1, 0.15) is 34.0 Å². The number of esters is 1. The highest BCUT2D eigenvalue weighted by atomic mass is 127. The lowest BCUT2D eigenvalue weighted by Crippen LogP contribution is -2.14. The molecular formula is C29H23ClINO5S. The smallest absolute Gasteiger partial charge is 0.344 e. The Morgan fingerprint density at radius 1 is 1.08 bits per heavy atom. The molecule has 0 saturated heterocycles. The molecule has 0 unspecified atom stereocenters. The van der Waals surface area contributed by atoms with Crippen molar-refractivity contribution in [3.63, 3.8) is 0 Å². The standard InChI is InChI=1S/C29H23ClINO5S/c1-3-36-29(35)25-26(33)24(38-28(25)32-27(34)20-9-4-17(2)5-10-20)15-19-8-13-23(22(30)14-19)37-16-18-6-11-21(31)12-7-18/h4-15,33H,3,16H2,1-2H3/b24-15-,32-28?. The van der Waals surface area contributed by atoms with Gasteiger partial charge in [-0.1, -0.05) is 59.3 Å². The average Bonchev–Trinajstić information content (AvgIpc) is 3.19. The number of aryl methyl sites for hydroxylation is 1. The first kappa shape index (κ1) is 27.9. The fourth-order valence-corrected chi connectivity index (χ4v) is 5.08. The van der Waals surface area contributed by atoms with E-state index in [9.17, 15) is 14.7 Å². The largest absolute Gasteiger partial charge is 0.506 e. The second-order valence-electron chi connectivity index (χ2n) is 8.25. The van der Waals surface area contributed by atoms with Gasteiger partial charge in [-0.25, -0.2) is 9.79 Å². The van der Waals surface area contributed by atoms with Crippen LogP contribution in [-0.2, 0) is 16.1 Å². The van der Waals surface area contributed by atoms with Crippen LogP contribution in [0.3, 0.4) is 0 Å². The molecule has 1 amide bonds. The topological polar surface area (TPSA) is 85.2 Å². The highest BCUT2D eigenvalue weighted by Crippen LogP contribution is 2.40. The zero-order valence-electron chi connectivity index (χ0n) is 20.5. The average molecular weight is 660 g/mol. The van der Waals surface area contributed by atoms with E-state index in [-0.39, 0.29) is 23.0 Å². The molecule has 3 aromatic carbocycles. The van der Waals surface area contributed by atoms with E-state index in [0.29, 0.717) is 33.4 Å². The first-order chi connectivity index (χ1) is 18.2. The Labute approximate surface area is 243 Å². The number of aliphatic imine (C=N–C) groups is 1. The minimum absolute atomic E-state index is 0.0707. The first-order valence-corrected chi connectivity index (χ1v) is 13.9. The fraction of sp³-hybridized carbons (Fsp3) is 0.138. The molecule has 6 nitrogen and oxygen atoms in total. The third kappa shape index (κ3) is 6.86. The van der Waals surface area contributed by atoms with Gasteiger partial charge in [0.15, 0.2) is 0 Å². The maximum Gasteiger partial charge on any atom is 0.344 e. The third-order valence-corrected chi connectivity index (χ3v) is 7.47. The van der Waals surface area contributed by atoms with E-state index in [2.05, 4.69) is 27.6 Å². The molecule has 0 aliphatic carbocycles. The van der Waals surface area contributed by atoms with E-state index in [1.807, 2.05) is 31.2 Å². The number of thioether (sulfide) groups is 1. The molecule has 9 heteroatoms. The lowest BCUT2D eigenvalue weighted by Gasteiger charge is -2.09. The van der Waals surface area contributed by atoms with Crippen LogP contribution >= 0.6 is 46.0 Å². The minimum atomic E-state index is -0.756.